The van der Waals surface area contributed by atoms with Gasteiger partial charge in [-0.05, 0) is 135 Å². The minimum atomic E-state index is -1.61. The maximum absolute atomic E-state index is 14.8. The van der Waals surface area contributed by atoms with Crippen LogP contribution in [-0.4, -0.2) is 246 Å². The summed E-state index contributed by atoms with van der Waals surface area (Å²) in [4.78, 5) is 204. The first-order valence-electron chi connectivity index (χ1n) is 32.3. The molecule has 0 spiro atoms. The third kappa shape index (κ3) is 22.1. The minimum absolute atomic E-state index is 0.0137. The highest BCUT2D eigenvalue weighted by atomic mass is 32.2. The lowest BCUT2D eigenvalue weighted by atomic mass is 10.0. The Morgan fingerprint density at radius 3 is 1.60 bits per heavy atom. The smallest absolute Gasteiger partial charge is 0.326 e. The second kappa shape index (κ2) is 37.2. The molecule has 34 heteroatoms. The number of H-pyrrole nitrogens is 1. The molecule has 4 saturated heterocycles. The maximum Gasteiger partial charge on any atom is 0.326 e. The average Bonchev–Trinajstić information content (AvgIpc) is 1.70. The summed E-state index contributed by atoms with van der Waals surface area (Å²) in [7, 11) is 0. The number of nitrogens with two attached hydrogens (primary N) is 4. The number of aliphatic hydroxyl groups is 1. The Morgan fingerprint density at radius 2 is 1.07 bits per heavy atom. The molecule has 13 atom stereocenters. The Labute approximate surface area is 550 Å². The van der Waals surface area contributed by atoms with Crippen LogP contribution in [-0.2, 0) is 73.5 Å². The van der Waals surface area contributed by atoms with Crippen molar-refractivity contribution in [2.45, 2.75) is 222 Å². The van der Waals surface area contributed by atoms with Crippen LogP contribution < -0.4 is 60.2 Å². The van der Waals surface area contributed by atoms with Crippen molar-refractivity contribution in [1.29, 1.82) is 0 Å². The van der Waals surface area contributed by atoms with Crippen LogP contribution in [0.3, 0.4) is 0 Å². The second-order valence-electron chi connectivity index (χ2n) is 25.0. The zero-order chi connectivity index (χ0) is 69.5. The van der Waals surface area contributed by atoms with Gasteiger partial charge in [0.05, 0.1) is 18.5 Å². The third-order valence-electron chi connectivity index (χ3n) is 17.2. The molecule has 4 fully saturated rings. The van der Waals surface area contributed by atoms with Crippen molar-refractivity contribution in [2.75, 3.05) is 44.7 Å². The van der Waals surface area contributed by atoms with Gasteiger partial charge >= 0.3 is 5.97 Å². The Hall–Kier alpha value is -7.98. The number of aromatic amines is 1. The number of carbonyl (C=O) groups excluding carboxylic acids is 13. The van der Waals surface area contributed by atoms with Crippen molar-refractivity contribution in [2.24, 2.45) is 28.9 Å². The number of carbonyl (C=O) groups is 14. The first-order valence-corrected chi connectivity index (χ1v) is 33.7. The van der Waals surface area contributed by atoms with Gasteiger partial charge < -0.3 is 94.9 Å². The predicted octanol–water partition coefficient (Wildman–Crippen LogP) is -4.42. The number of rotatable bonds is 37. The summed E-state index contributed by atoms with van der Waals surface area (Å²) in [6.45, 7) is 6.97. The van der Waals surface area contributed by atoms with E-state index >= 15 is 0 Å². The van der Waals surface area contributed by atoms with Crippen LogP contribution in [0.4, 0.5) is 0 Å². The van der Waals surface area contributed by atoms with E-state index < -0.39 is 181 Å². The number of aromatic nitrogens is 2. The number of thioether (sulfide) groups is 1. The molecule has 0 aromatic carbocycles. The molecule has 13 amide bonds. The number of nitrogens with one attached hydrogen (secondary N) is 8. The van der Waals surface area contributed by atoms with Gasteiger partial charge in [0.1, 0.15) is 66.5 Å². The quantitative estimate of drug-likeness (QED) is 0.0280. The lowest BCUT2D eigenvalue weighted by Crippen LogP contribution is -2.61. The molecule has 524 valence electrons. The van der Waals surface area contributed by atoms with E-state index in [9.17, 15) is 77.3 Å². The highest BCUT2D eigenvalue weighted by Gasteiger charge is 2.47. The van der Waals surface area contributed by atoms with Crippen molar-refractivity contribution >= 4 is 94.5 Å². The SMILES string of the molecule is CSCC[C@H](N)C(=O)N[C@H](C(=O)N[C@@H](CCC(N)=O)C(=O)N[C@@H](CCC(N)=O)C(=O)N1CCC[C@H]1C(=O)N1CCC[C@H]1C(=O)N[C@@H](CC(C)C)C(=O)N1CCC[C@H]1C(=O)N[C@@H](Cc1cnc[nH]1)C(=O)N1CCC[C@H]1C(=O)N[C@@H](C)C(=O)N[C@@H](CCCCN)C(=O)O)[C@@H](C)O. The van der Waals surface area contributed by atoms with Crippen molar-refractivity contribution < 1.29 is 77.3 Å². The van der Waals surface area contributed by atoms with Gasteiger partial charge in [-0.2, -0.15) is 11.8 Å². The summed E-state index contributed by atoms with van der Waals surface area (Å²) >= 11 is 1.44. The predicted molar refractivity (Wildman–Crippen MR) is 340 cm³/mol. The number of hydrogen-bond donors (Lipinski definition) is 14. The number of carboxylic acids is 1. The van der Waals surface area contributed by atoms with E-state index in [1.165, 1.54) is 57.7 Å². The number of likely N-dealkylation sites (tertiary alicyclic amines) is 4. The Bertz CT molecular complexity index is 2850. The third-order valence-corrected chi connectivity index (χ3v) is 17.8. The Morgan fingerprint density at radius 1 is 0.585 bits per heavy atom. The van der Waals surface area contributed by atoms with Crippen LogP contribution in [0.15, 0.2) is 12.5 Å². The number of unbranched alkanes of at least 4 members (excludes halogenated alkanes) is 1. The van der Waals surface area contributed by atoms with Gasteiger partial charge in [0, 0.05) is 57.3 Å². The molecule has 5 rings (SSSR count). The van der Waals surface area contributed by atoms with E-state index in [1.54, 1.807) is 0 Å². The summed E-state index contributed by atoms with van der Waals surface area (Å²) < 4.78 is 0. The van der Waals surface area contributed by atoms with Gasteiger partial charge in [0.15, 0.2) is 0 Å². The molecule has 0 radical (unpaired) electrons. The molecule has 33 nitrogen and oxygen atoms in total. The number of carboxylic acid groups (broad SMARTS) is 1. The van der Waals surface area contributed by atoms with Crippen LogP contribution in [0, 0.1) is 5.92 Å². The number of amides is 13. The summed E-state index contributed by atoms with van der Waals surface area (Å²) in [6, 6.07) is -15.1. The number of hydrogen-bond acceptors (Lipinski definition) is 19. The van der Waals surface area contributed by atoms with Crippen molar-refractivity contribution in [3.63, 3.8) is 0 Å². The fraction of sp³-hybridized carbons (Fsp3) is 0.717. The van der Waals surface area contributed by atoms with Gasteiger partial charge in [0.25, 0.3) is 0 Å². The zero-order valence-electron chi connectivity index (χ0n) is 54.3. The molecule has 5 heterocycles. The van der Waals surface area contributed by atoms with Crippen molar-refractivity contribution in [3.8, 4) is 0 Å². The van der Waals surface area contributed by atoms with E-state index in [4.69, 9.17) is 22.9 Å². The molecule has 0 unspecified atom stereocenters. The number of aliphatic carboxylic acids is 1. The number of primary amides is 2. The van der Waals surface area contributed by atoms with Crippen molar-refractivity contribution in [3.05, 3.63) is 18.2 Å². The molecule has 18 N–H and O–H groups in total. The summed E-state index contributed by atoms with van der Waals surface area (Å²) in [5.41, 5.74) is 22.9. The van der Waals surface area contributed by atoms with Crippen LogP contribution in [0.1, 0.15) is 143 Å². The van der Waals surface area contributed by atoms with E-state index in [2.05, 4.69) is 47.2 Å². The maximum atomic E-state index is 14.8. The normalized spacial score (nSPS) is 20.7. The molecule has 0 bridgehead atoms. The molecule has 1 aromatic rings. The van der Waals surface area contributed by atoms with E-state index in [1.807, 2.05) is 20.1 Å². The standard InChI is InChI=1S/C60H97N17O16S/c1-32(2)28-40(57(89)75-24-9-14-43(75)53(85)72-41(29-35-30-65-31-66-35)58(90)74-23-8-13-42(74)52(84)67-33(3)49(81)70-39(60(92)93)12-6-7-22-61)71-54(86)44-15-10-25-76(44)59(91)45-16-11-26-77(45)56(88)38(18-20-47(64)80)69-51(83)37(17-19-46(63)79)68-55(87)48(34(4)78)73-50(82)36(62)21-27-94-5/h30-34,36-45,48,78H,6-29,61-62H2,1-5H3,(H2,63,79)(H2,64,80)(H,65,66)(H,67,84)(H,68,87)(H,69,83)(H,70,81)(H,71,86)(H,72,85)(H,73,82)(H,92,93)/t33-,34+,36-,37-,38-,39-,40-,41-,42-,43-,44-,45-,48-/m0/s1. The highest BCUT2D eigenvalue weighted by Crippen LogP contribution is 2.28. The van der Waals surface area contributed by atoms with Gasteiger partial charge in [-0.3, -0.25) is 62.3 Å². The molecular weight excluding hydrogens is 1250 g/mol. The Balaban J connectivity index is 1.28. The Kier molecular flexibility index (Phi) is 30.4. The number of aliphatic hydroxyl groups excluding tert-OH is 1. The number of nitrogens with zero attached hydrogens (tertiary/aromatic N) is 5. The molecule has 0 saturated carbocycles. The monoisotopic (exact) mass is 1340 g/mol. The summed E-state index contributed by atoms with van der Waals surface area (Å²) in [6.07, 6.45) is 5.15. The van der Waals surface area contributed by atoms with Crippen LogP contribution in [0.2, 0.25) is 0 Å². The van der Waals surface area contributed by atoms with Gasteiger partial charge in [-0.1, -0.05) is 13.8 Å². The fourth-order valence-electron chi connectivity index (χ4n) is 12.1. The topological polar surface area (TPSA) is 509 Å². The zero-order valence-corrected chi connectivity index (χ0v) is 55.1. The molecule has 1 aromatic heterocycles. The van der Waals surface area contributed by atoms with E-state index in [0.29, 0.717) is 56.5 Å². The van der Waals surface area contributed by atoms with E-state index in [0.717, 1.165) is 0 Å². The first-order chi connectivity index (χ1) is 44.6. The lowest BCUT2D eigenvalue weighted by Gasteiger charge is -2.34. The highest BCUT2D eigenvalue weighted by molar-refractivity contribution is 7.98. The van der Waals surface area contributed by atoms with Crippen LogP contribution in [0.25, 0.3) is 0 Å². The molecule has 4 aliphatic heterocycles. The summed E-state index contributed by atoms with van der Waals surface area (Å²) in [5, 5.41) is 38.3. The largest absolute Gasteiger partial charge is 0.480 e. The minimum Gasteiger partial charge on any atom is -0.480 e. The fourth-order valence-corrected chi connectivity index (χ4v) is 12.6. The summed E-state index contributed by atoms with van der Waals surface area (Å²) in [5.74, 6) is -10.8. The lowest BCUT2D eigenvalue weighted by molar-refractivity contribution is -0.149. The van der Waals surface area contributed by atoms with Gasteiger partial charge in [-0.15, -0.1) is 0 Å². The van der Waals surface area contributed by atoms with Crippen molar-refractivity contribution in [1.82, 2.24) is 66.8 Å². The van der Waals surface area contributed by atoms with Crippen LogP contribution >= 0.6 is 11.8 Å². The van der Waals surface area contributed by atoms with Crippen LogP contribution in [0.5, 0.6) is 0 Å². The molecular formula is C60H97N17O16S. The number of imidazole rings is 1. The molecule has 94 heavy (non-hydrogen) atoms. The van der Waals surface area contributed by atoms with Gasteiger partial charge in [0.2, 0.25) is 76.8 Å². The average molecular weight is 1340 g/mol. The van der Waals surface area contributed by atoms with Gasteiger partial charge in [-0.25, -0.2) is 9.78 Å². The second-order valence-corrected chi connectivity index (χ2v) is 25.9. The molecule has 4 aliphatic rings. The molecule has 0 aliphatic carbocycles. The van der Waals surface area contributed by atoms with E-state index in [-0.39, 0.29) is 89.9 Å². The first kappa shape index (κ1) is 76.7.